The summed E-state index contributed by atoms with van der Waals surface area (Å²) in [5, 5.41) is 6.47. The molecule has 6 rings (SSSR count). The molecule has 4 aromatic rings. The molecule has 2 nitrogen and oxygen atoms in total. The van der Waals surface area contributed by atoms with Crippen LogP contribution >= 0.6 is 0 Å². The van der Waals surface area contributed by atoms with Gasteiger partial charge in [0.15, 0.2) is 0 Å². The van der Waals surface area contributed by atoms with E-state index in [0.29, 0.717) is 18.4 Å². The van der Waals surface area contributed by atoms with Crippen molar-refractivity contribution in [2.45, 2.75) is 25.0 Å². The fourth-order valence-electron chi connectivity index (χ4n) is 5.18. The Morgan fingerprint density at radius 3 is 2.55 bits per heavy atom. The van der Waals surface area contributed by atoms with Crippen molar-refractivity contribution < 1.29 is 4.74 Å². The maximum atomic E-state index is 6.31. The number of allylic oxidation sites excluding steroid dienone is 2. The van der Waals surface area contributed by atoms with Crippen LogP contribution in [0.15, 0.2) is 103 Å². The monoisotopic (exact) mass is 403 g/mol. The van der Waals surface area contributed by atoms with Crippen LogP contribution < -0.4 is 10.1 Å². The van der Waals surface area contributed by atoms with Gasteiger partial charge in [-0.05, 0) is 51.9 Å². The van der Waals surface area contributed by atoms with Gasteiger partial charge in [-0.1, -0.05) is 91.0 Å². The Morgan fingerprint density at radius 2 is 1.65 bits per heavy atom. The minimum atomic E-state index is 0.263. The highest BCUT2D eigenvalue weighted by Gasteiger charge is 2.39. The smallest absolute Gasteiger partial charge is 0.143 e. The number of hydrogen-bond acceptors (Lipinski definition) is 2. The summed E-state index contributed by atoms with van der Waals surface area (Å²) in [6, 6.07) is 32.6. The quantitative estimate of drug-likeness (QED) is 0.362. The second-order valence-electron chi connectivity index (χ2n) is 8.58. The van der Waals surface area contributed by atoms with Crippen molar-refractivity contribution in [3.05, 3.63) is 120 Å². The molecule has 1 aliphatic heterocycles. The van der Waals surface area contributed by atoms with E-state index in [9.17, 15) is 0 Å². The van der Waals surface area contributed by atoms with Gasteiger partial charge in [0.05, 0.1) is 11.7 Å². The Kier molecular flexibility index (Phi) is 4.49. The molecule has 1 heterocycles. The molecule has 0 spiro atoms. The van der Waals surface area contributed by atoms with Crippen molar-refractivity contribution in [3.63, 3.8) is 0 Å². The van der Waals surface area contributed by atoms with Crippen molar-refractivity contribution in [3.8, 4) is 5.75 Å². The molecule has 31 heavy (non-hydrogen) atoms. The zero-order valence-electron chi connectivity index (χ0n) is 17.4. The van der Waals surface area contributed by atoms with Crippen molar-refractivity contribution >= 4 is 16.5 Å². The Bertz CT molecular complexity index is 1260. The molecular formula is C29H25NO. The van der Waals surface area contributed by atoms with Crippen molar-refractivity contribution in [1.29, 1.82) is 0 Å². The van der Waals surface area contributed by atoms with Crippen LogP contribution in [0.3, 0.4) is 0 Å². The van der Waals surface area contributed by atoms with Crippen LogP contribution in [-0.2, 0) is 6.61 Å². The van der Waals surface area contributed by atoms with Gasteiger partial charge in [-0.3, -0.25) is 0 Å². The molecule has 1 aliphatic carbocycles. The summed E-state index contributed by atoms with van der Waals surface area (Å²) < 4.78 is 6.31. The second-order valence-corrected chi connectivity index (χ2v) is 8.58. The van der Waals surface area contributed by atoms with Gasteiger partial charge in [0.25, 0.3) is 0 Å². The number of para-hydroxylation sites is 1. The fraction of sp³-hybridized carbons (Fsp3) is 0.172. The average molecular weight is 404 g/mol. The van der Waals surface area contributed by atoms with E-state index in [1.165, 1.54) is 27.5 Å². The van der Waals surface area contributed by atoms with Gasteiger partial charge in [-0.15, -0.1) is 0 Å². The molecule has 2 aliphatic rings. The third-order valence-corrected chi connectivity index (χ3v) is 6.73. The average Bonchev–Trinajstić information content (AvgIpc) is 3.33. The van der Waals surface area contributed by atoms with Crippen LogP contribution in [-0.4, -0.2) is 0 Å². The van der Waals surface area contributed by atoms with Crippen molar-refractivity contribution in [1.82, 2.24) is 0 Å². The van der Waals surface area contributed by atoms with E-state index in [0.717, 1.165) is 17.9 Å². The van der Waals surface area contributed by atoms with Gasteiger partial charge in [0.2, 0.25) is 0 Å². The Labute approximate surface area is 183 Å². The number of fused-ring (bicyclic) bond motifs is 4. The summed E-state index contributed by atoms with van der Waals surface area (Å²) in [6.07, 6.45) is 5.83. The molecule has 0 saturated carbocycles. The lowest BCUT2D eigenvalue weighted by Gasteiger charge is -2.38. The Hall–Kier alpha value is -3.52. The minimum absolute atomic E-state index is 0.263. The third-order valence-electron chi connectivity index (χ3n) is 6.73. The molecule has 0 radical (unpaired) electrons. The van der Waals surface area contributed by atoms with Crippen molar-refractivity contribution in [2.75, 3.05) is 5.32 Å². The van der Waals surface area contributed by atoms with Gasteiger partial charge in [-0.25, -0.2) is 0 Å². The standard InChI is InChI=1S/C29H25NO/c1-2-8-20(9-3-1)19-31-27-15-7-14-26-24-12-6-13-25(24)28(30-29(26)27)23-17-16-21-10-4-5-11-22(21)18-23/h1-12,14-18,24-25,28,30H,13,19H2. The molecule has 1 N–H and O–H groups in total. The van der Waals surface area contributed by atoms with E-state index in [1.807, 2.05) is 6.07 Å². The summed E-state index contributed by atoms with van der Waals surface area (Å²) in [5.74, 6) is 1.89. The van der Waals surface area contributed by atoms with Crippen LogP contribution in [0.4, 0.5) is 5.69 Å². The first-order chi connectivity index (χ1) is 15.4. The maximum Gasteiger partial charge on any atom is 0.143 e. The number of hydrogen-bond donors (Lipinski definition) is 1. The first kappa shape index (κ1) is 18.3. The zero-order valence-corrected chi connectivity index (χ0v) is 17.4. The van der Waals surface area contributed by atoms with Crippen LogP contribution in [0.5, 0.6) is 5.75 Å². The zero-order chi connectivity index (χ0) is 20.6. The number of rotatable bonds is 4. The second kappa shape index (κ2) is 7.63. The van der Waals surface area contributed by atoms with Crippen LogP contribution in [0, 0.1) is 5.92 Å². The molecule has 0 saturated heterocycles. The van der Waals surface area contributed by atoms with Gasteiger partial charge in [0, 0.05) is 5.92 Å². The minimum Gasteiger partial charge on any atom is -0.487 e. The Morgan fingerprint density at radius 1 is 0.806 bits per heavy atom. The predicted molar refractivity (Wildman–Crippen MR) is 128 cm³/mol. The number of nitrogens with one attached hydrogen (secondary N) is 1. The molecule has 0 fully saturated rings. The molecule has 0 amide bonds. The highest BCUT2D eigenvalue weighted by Crippen LogP contribution is 2.52. The molecule has 152 valence electrons. The lowest BCUT2D eigenvalue weighted by Crippen LogP contribution is -2.29. The molecule has 2 heteroatoms. The summed E-state index contributed by atoms with van der Waals surface area (Å²) >= 11 is 0. The lowest BCUT2D eigenvalue weighted by molar-refractivity contribution is 0.304. The van der Waals surface area contributed by atoms with E-state index in [2.05, 4.69) is 102 Å². The first-order valence-corrected chi connectivity index (χ1v) is 11.1. The SMILES string of the molecule is C1=CC2c3cccc(OCc4ccccc4)c3NC(c3ccc4ccccc4c3)C2C1. The topological polar surface area (TPSA) is 21.3 Å². The van der Waals surface area contributed by atoms with E-state index < -0.39 is 0 Å². The number of ether oxygens (including phenoxy) is 1. The summed E-state index contributed by atoms with van der Waals surface area (Å²) in [7, 11) is 0. The molecule has 0 bridgehead atoms. The highest BCUT2D eigenvalue weighted by molar-refractivity contribution is 5.83. The van der Waals surface area contributed by atoms with E-state index >= 15 is 0 Å². The molecule has 4 aromatic carbocycles. The Balaban J connectivity index is 1.37. The van der Waals surface area contributed by atoms with Gasteiger partial charge in [-0.2, -0.15) is 0 Å². The van der Waals surface area contributed by atoms with Crippen LogP contribution in [0.25, 0.3) is 10.8 Å². The summed E-state index contributed by atoms with van der Waals surface area (Å²) in [4.78, 5) is 0. The fourth-order valence-corrected chi connectivity index (χ4v) is 5.18. The molecule has 3 atom stereocenters. The number of benzene rings is 4. The van der Waals surface area contributed by atoms with Gasteiger partial charge < -0.3 is 10.1 Å². The first-order valence-electron chi connectivity index (χ1n) is 11.1. The molecular weight excluding hydrogens is 378 g/mol. The molecule has 0 aromatic heterocycles. The van der Waals surface area contributed by atoms with Crippen LogP contribution in [0.1, 0.15) is 35.1 Å². The third kappa shape index (κ3) is 3.29. The van der Waals surface area contributed by atoms with E-state index in [1.54, 1.807) is 0 Å². The highest BCUT2D eigenvalue weighted by atomic mass is 16.5. The predicted octanol–water partition coefficient (Wildman–Crippen LogP) is 7.25. The number of anilines is 1. The van der Waals surface area contributed by atoms with E-state index in [-0.39, 0.29) is 6.04 Å². The van der Waals surface area contributed by atoms with Gasteiger partial charge >= 0.3 is 0 Å². The molecule has 3 unspecified atom stereocenters. The largest absolute Gasteiger partial charge is 0.487 e. The summed E-state index contributed by atoms with van der Waals surface area (Å²) in [5.41, 5.74) is 5.02. The van der Waals surface area contributed by atoms with Gasteiger partial charge in [0.1, 0.15) is 12.4 Å². The lowest BCUT2D eigenvalue weighted by atomic mass is 9.76. The van der Waals surface area contributed by atoms with E-state index in [4.69, 9.17) is 4.74 Å². The summed E-state index contributed by atoms with van der Waals surface area (Å²) in [6.45, 7) is 0.573. The normalized spacial score (nSPS) is 21.4. The van der Waals surface area contributed by atoms with Crippen LogP contribution in [0.2, 0.25) is 0 Å². The maximum absolute atomic E-state index is 6.31. The van der Waals surface area contributed by atoms with Crippen molar-refractivity contribution in [2.24, 2.45) is 5.92 Å².